The third-order valence-corrected chi connectivity index (χ3v) is 4.12. The summed E-state index contributed by atoms with van der Waals surface area (Å²) >= 11 is 0. The molecule has 0 radical (unpaired) electrons. The summed E-state index contributed by atoms with van der Waals surface area (Å²) in [6.07, 6.45) is 6.55. The average molecular weight is 275 g/mol. The topological polar surface area (TPSA) is 21.3 Å². The van der Waals surface area contributed by atoms with Gasteiger partial charge in [-0.2, -0.15) is 0 Å². The molecule has 1 heterocycles. The summed E-state index contributed by atoms with van der Waals surface area (Å²) in [7, 11) is 0. The first-order valence-corrected chi connectivity index (χ1v) is 8.15. The van der Waals surface area contributed by atoms with Crippen molar-refractivity contribution >= 4 is 0 Å². The zero-order valence-electron chi connectivity index (χ0n) is 13.0. The second-order valence-electron chi connectivity index (χ2n) is 6.13. The highest BCUT2D eigenvalue weighted by molar-refractivity contribution is 5.21. The van der Waals surface area contributed by atoms with Crippen LogP contribution < -0.4 is 5.32 Å². The van der Waals surface area contributed by atoms with Gasteiger partial charge in [0.25, 0.3) is 0 Å². The Hall–Kier alpha value is -0.860. The van der Waals surface area contributed by atoms with E-state index in [1.165, 1.54) is 36.8 Å². The van der Waals surface area contributed by atoms with Crippen molar-refractivity contribution in [1.29, 1.82) is 0 Å². The summed E-state index contributed by atoms with van der Waals surface area (Å²) < 4.78 is 5.82. The average Bonchev–Trinajstić information content (AvgIpc) is 2.94. The van der Waals surface area contributed by atoms with Gasteiger partial charge in [-0.15, -0.1) is 0 Å². The largest absolute Gasteiger partial charge is 0.378 e. The van der Waals surface area contributed by atoms with E-state index >= 15 is 0 Å². The molecule has 0 aliphatic carbocycles. The summed E-state index contributed by atoms with van der Waals surface area (Å²) in [5.41, 5.74) is 2.80. The highest BCUT2D eigenvalue weighted by Gasteiger charge is 2.20. The molecule has 2 rings (SSSR count). The van der Waals surface area contributed by atoms with Gasteiger partial charge in [-0.25, -0.2) is 0 Å². The van der Waals surface area contributed by atoms with Crippen LogP contribution >= 0.6 is 0 Å². The minimum absolute atomic E-state index is 0.494. The molecule has 0 aromatic heterocycles. The van der Waals surface area contributed by atoms with E-state index < -0.39 is 0 Å². The standard InChI is InChI=1S/C18H29NO/c1-3-10-19-14-17(13-18-5-4-11-20-18)12-16-8-6-15(2)7-9-16/h6-9,17-19H,3-5,10-14H2,1-2H3. The first-order valence-electron chi connectivity index (χ1n) is 8.15. The molecule has 1 fully saturated rings. The molecule has 1 saturated heterocycles. The lowest BCUT2D eigenvalue weighted by atomic mass is 9.92. The molecular weight excluding hydrogens is 246 g/mol. The highest BCUT2D eigenvalue weighted by atomic mass is 16.5. The van der Waals surface area contributed by atoms with Gasteiger partial charge in [0.2, 0.25) is 0 Å². The number of rotatable bonds is 8. The normalized spacial score (nSPS) is 20.2. The first-order chi connectivity index (χ1) is 9.78. The van der Waals surface area contributed by atoms with Crippen molar-refractivity contribution in [3.63, 3.8) is 0 Å². The van der Waals surface area contributed by atoms with Crippen molar-refractivity contribution in [2.75, 3.05) is 19.7 Å². The quantitative estimate of drug-likeness (QED) is 0.730. The van der Waals surface area contributed by atoms with Crippen molar-refractivity contribution < 1.29 is 4.74 Å². The third-order valence-electron chi connectivity index (χ3n) is 4.12. The van der Waals surface area contributed by atoms with Crippen LogP contribution in [0.4, 0.5) is 0 Å². The van der Waals surface area contributed by atoms with Gasteiger partial charge >= 0.3 is 0 Å². The fourth-order valence-electron chi connectivity index (χ4n) is 2.98. The molecular formula is C18H29NO. The maximum absolute atomic E-state index is 5.82. The number of nitrogens with one attached hydrogen (secondary N) is 1. The lowest BCUT2D eigenvalue weighted by molar-refractivity contribution is 0.0893. The van der Waals surface area contributed by atoms with E-state index in [2.05, 4.69) is 43.4 Å². The lowest BCUT2D eigenvalue weighted by Gasteiger charge is -2.21. The Labute approximate surface area is 123 Å². The number of hydrogen-bond acceptors (Lipinski definition) is 2. The predicted octanol–water partition coefficient (Wildman–Crippen LogP) is 3.72. The van der Waals surface area contributed by atoms with Gasteiger partial charge in [-0.1, -0.05) is 36.8 Å². The zero-order chi connectivity index (χ0) is 14.2. The molecule has 2 atom stereocenters. The van der Waals surface area contributed by atoms with E-state index in [1.807, 2.05) is 0 Å². The third kappa shape index (κ3) is 5.26. The Morgan fingerprint density at radius 3 is 2.75 bits per heavy atom. The highest BCUT2D eigenvalue weighted by Crippen LogP contribution is 2.22. The monoisotopic (exact) mass is 275 g/mol. The minimum Gasteiger partial charge on any atom is -0.378 e. The van der Waals surface area contributed by atoms with Crippen molar-refractivity contribution in [2.45, 2.75) is 52.1 Å². The predicted molar refractivity (Wildman–Crippen MR) is 85.1 cm³/mol. The summed E-state index contributed by atoms with van der Waals surface area (Å²) in [5, 5.41) is 3.59. The number of aryl methyl sites for hydroxylation is 1. The van der Waals surface area contributed by atoms with Crippen LogP contribution in [0.15, 0.2) is 24.3 Å². The Morgan fingerprint density at radius 1 is 1.30 bits per heavy atom. The maximum Gasteiger partial charge on any atom is 0.0579 e. The van der Waals surface area contributed by atoms with Crippen LogP contribution in [0.5, 0.6) is 0 Å². The molecule has 2 nitrogen and oxygen atoms in total. The summed E-state index contributed by atoms with van der Waals surface area (Å²) in [4.78, 5) is 0. The van der Waals surface area contributed by atoms with Crippen molar-refractivity contribution in [1.82, 2.24) is 5.32 Å². The molecule has 1 aliphatic rings. The lowest BCUT2D eigenvalue weighted by Crippen LogP contribution is -2.28. The Balaban J connectivity index is 1.88. The Morgan fingerprint density at radius 2 is 2.10 bits per heavy atom. The van der Waals surface area contributed by atoms with E-state index in [0.29, 0.717) is 12.0 Å². The van der Waals surface area contributed by atoms with Crippen LogP contribution in [0, 0.1) is 12.8 Å². The van der Waals surface area contributed by atoms with Crippen LogP contribution in [0.3, 0.4) is 0 Å². The second-order valence-corrected chi connectivity index (χ2v) is 6.13. The van der Waals surface area contributed by atoms with Crippen LogP contribution in [0.1, 0.15) is 43.7 Å². The zero-order valence-corrected chi connectivity index (χ0v) is 13.0. The Kier molecular flexibility index (Phi) is 6.55. The number of benzene rings is 1. The molecule has 0 bridgehead atoms. The molecule has 2 heteroatoms. The second kappa shape index (κ2) is 8.43. The molecule has 1 aliphatic heterocycles. The molecule has 20 heavy (non-hydrogen) atoms. The van der Waals surface area contributed by atoms with Crippen molar-refractivity contribution in [3.8, 4) is 0 Å². The van der Waals surface area contributed by atoms with Crippen molar-refractivity contribution in [3.05, 3.63) is 35.4 Å². The van der Waals surface area contributed by atoms with Crippen LogP contribution in [-0.4, -0.2) is 25.8 Å². The molecule has 112 valence electrons. The van der Waals surface area contributed by atoms with E-state index in [0.717, 1.165) is 26.1 Å². The first kappa shape index (κ1) is 15.5. The molecule has 1 aromatic carbocycles. The molecule has 0 saturated carbocycles. The minimum atomic E-state index is 0.494. The SMILES string of the molecule is CCCNCC(Cc1ccc(C)cc1)CC1CCCO1. The van der Waals surface area contributed by atoms with Gasteiger partial charge in [0, 0.05) is 6.61 Å². The van der Waals surface area contributed by atoms with E-state index in [-0.39, 0.29) is 0 Å². The fourth-order valence-corrected chi connectivity index (χ4v) is 2.98. The van der Waals surface area contributed by atoms with Gasteiger partial charge in [0.1, 0.15) is 0 Å². The molecule has 2 unspecified atom stereocenters. The summed E-state index contributed by atoms with van der Waals surface area (Å²) in [6, 6.07) is 8.99. The van der Waals surface area contributed by atoms with E-state index in [1.54, 1.807) is 0 Å². The van der Waals surface area contributed by atoms with Gasteiger partial charge in [0.15, 0.2) is 0 Å². The molecule has 1 aromatic rings. The maximum atomic E-state index is 5.82. The summed E-state index contributed by atoms with van der Waals surface area (Å²) in [6.45, 7) is 7.57. The van der Waals surface area contributed by atoms with Gasteiger partial charge in [0.05, 0.1) is 6.10 Å². The fraction of sp³-hybridized carbons (Fsp3) is 0.667. The van der Waals surface area contributed by atoms with E-state index in [9.17, 15) is 0 Å². The number of ether oxygens (including phenoxy) is 1. The molecule has 0 spiro atoms. The van der Waals surface area contributed by atoms with Crippen LogP contribution in [0.25, 0.3) is 0 Å². The van der Waals surface area contributed by atoms with Gasteiger partial charge < -0.3 is 10.1 Å². The van der Waals surface area contributed by atoms with Crippen molar-refractivity contribution in [2.24, 2.45) is 5.92 Å². The van der Waals surface area contributed by atoms with Gasteiger partial charge in [-0.05, 0) is 63.6 Å². The Bertz CT molecular complexity index is 368. The molecule has 1 N–H and O–H groups in total. The number of hydrogen-bond donors (Lipinski definition) is 1. The smallest absolute Gasteiger partial charge is 0.0579 e. The van der Waals surface area contributed by atoms with Crippen LogP contribution in [0.2, 0.25) is 0 Å². The summed E-state index contributed by atoms with van der Waals surface area (Å²) in [5.74, 6) is 0.687. The molecule has 0 amide bonds. The van der Waals surface area contributed by atoms with E-state index in [4.69, 9.17) is 4.74 Å². The van der Waals surface area contributed by atoms with Gasteiger partial charge in [-0.3, -0.25) is 0 Å². The van der Waals surface area contributed by atoms with Crippen LogP contribution in [-0.2, 0) is 11.2 Å².